The number of amides is 1. The average Bonchev–Trinajstić information content (AvgIpc) is 2.81. The fraction of sp³-hybridized carbons (Fsp3) is 0.500. The molecule has 1 fully saturated rings. The number of ether oxygens (including phenoxy) is 1. The van der Waals surface area contributed by atoms with E-state index in [9.17, 15) is 4.79 Å². The van der Waals surface area contributed by atoms with Crippen molar-refractivity contribution < 1.29 is 9.53 Å². The van der Waals surface area contributed by atoms with E-state index in [1.165, 1.54) is 0 Å². The molecule has 1 atom stereocenters. The normalized spacial score (nSPS) is 18.9. The topological polar surface area (TPSA) is 50.4 Å². The molecule has 1 heterocycles. The minimum absolute atomic E-state index is 0.0297. The summed E-state index contributed by atoms with van der Waals surface area (Å²) in [6.07, 6.45) is 1.11. The van der Waals surface area contributed by atoms with E-state index in [0.717, 1.165) is 25.3 Å². The summed E-state index contributed by atoms with van der Waals surface area (Å²) in [7, 11) is 0. The molecular formula is C14H20N2O2. The standard InChI is InChI=1S/C14H20N2O2/c1-10(2)18-13-5-3-4-11(8-13)14(17)16-12-6-7-15-9-12/h3-5,8,10,12,15H,6-7,9H2,1-2H3,(H,16,17)/t12-/m1/s1. The molecule has 1 aliphatic rings. The highest BCUT2D eigenvalue weighted by molar-refractivity contribution is 5.94. The van der Waals surface area contributed by atoms with E-state index in [1.807, 2.05) is 32.0 Å². The highest BCUT2D eigenvalue weighted by Crippen LogP contribution is 2.15. The second kappa shape index (κ2) is 5.87. The molecule has 4 heteroatoms. The number of hydrogen-bond acceptors (Lipinski definition) is 3. The summed E-state index contributed by atoms with van der Waals surface area (Å²) in [6, 6.07) is 7.56. The van der Waals surface area contributed by atoms with Crippen molar-refractivity contribution in [1.29, 1.82) is 0 Å². The number of benzene rings is 1. The van der Waals surface area contributed by atoms with Gasteiger partial charge in [0.25, 0.3) is 5.91 Å². The Kier molecular flexibility index (Phi) is 4.20. The Labute approximate surface area is 108 Å². The summed E-state index contributed by atoms with van der Waals surface area (Å²) in [6.45, 7) is 5.77. The van der Waals surface area contributed by atoms with Gasteiger partial charge in [0, 0.05) is 18.2 Å². The second-order valence-electron chi connectivity index (χ2n) is 4.86. The molecule has 0 aromatic heterocycles. The molecule has 0 saturated carbocycles. The smallest absolute Gasteiger partial charge is 0.251 e. The quantitative estimate of drug-likeness (QED) is 0.850. The first-order valence-corrected chi connectivity index (χ1v) is 6.43. The van der Waals surface area contributed by atoms with Gasteiger partial charge in [-0.25, -0.2) is 0 Å². The molecule has 1 aromatic rings. The number of carbonyl (C=O) groups is 1. The maximum atomic E-state index is 12.0. The fourth-order valence-electron chi connectivity index (χ4n) is 2.03. The maximum Gasteiger partial charge on any atom is 0.251 e. The molecule has 1 aromatic carbocycles. The molecule has 0 bridgehead atoms. The number of hydrogen-bond donors (Lipinski definition) is 2. The van der Waals surface area contributed by atoms with Crippen LogP contribution in [0.4, 0.5) is 0 Å². The monoisotopic (exact) mass is 248 g/mol. The molecule has 0 spiro atoms. The molecule has 1 amide bonds. The zero-order valence-electron chi connectivity index (χ0n) is 10.9. The Morgan fingerprint density at radius 3 is 3.00 bits per heavy atom. The van der Waals surface area contributed by atoms with Gasteiger partial charge in [0.1, 0.15) is 5.75 Å². The van der Waals surface area contributed by atoms with Gasteiger partial charge in [-0.15, -0.1) is 0 Å². The van der Waals surface area contributed by atoms with E-state index in [0.29, 0.717) is 5.56 Å². The molecule has 0 radical (unpaired) electrons. The van der Waals surface area contributed by atoms with Crippen LogP contribution in [0.2, 0.25) is 0 Å². The third-order valence-electron chi connectivity index (χ3n) is 2.86. The zero-order valence-corrected chi connectivity index (χ0v) is 10.9. The van der Waals surface area contributed by atoms with E-state index in [4.69, 9.17) is 4.74 Å². The van der Waals surface area contributed by atoms with E-state index >= 15 is 0 Å². The van der Waals surface area contributed by atoms with Crippen molar-refractivity contribution in [2.24, 2.45) is 0 Å². The van der Waals surface area contributed by atoms with Gasteiger partial charge in [0.2, 0.25) is 0 Å². The van der Waals surface area contributed by atoms with Crippen LogP contribution in [-0.2, 0) is 0 Å². The van der Waals surface area contributed by atoms with Crippen molar-refractivity contribution >= 4 is 5.91 Å². The lowest BCUT2D eigenvalue weighted by atomic mass is 10.1. The predicted molar refractivity (Wildman–Crippen MR) is 70.9 cm³/mol. The van der Waals surface area contributed by atoms with Gasteiger partial charge in [-0.3, -0.25) is 4.79 Å². The molecule has 0 unspecified atom stereocenters. The van der Waals surface area contributed by atoms with Crippen LogP contribution in [0.3, 0.4) is 0 Å². The van der Waals surface area contributed by atoms with Crippen LogP contribution in [0.1, 0.15) is 30.6 Å². The molecular weight excluding hydrogens is 228 g/mol. The maximum absolute atomic E-state index is 12.0. The van der Waals surface area contributed by atoms with Gasteiger partial charge in [0.05, 0.1) is 6.10 Å². The molecule has 2 N–H and O–H groups in total. The van der Waals surface area contributed by atoms with Crippen molar-refractivity contribution in [3.63, 3.8) is 0 Å². The predicted octanol–water partition coefficient (Wildman–Crippen LogP) is 1.57. The summed E-state index contributed by atoms with van der Waals surface area (Å²) in [4.78, 5) is 12.0. The van der Waals surface area contributed by atoms with Crippen LogP contribution in [0.25, 0.3) is 0 Å². The molecule has 4 nitrogen and oxygen atoms in total. The van der Waals surface area contributed by atoms with E-state index in [2.05, 4.69) is 10.6 Å². The number of rotatable bonds is 4. The Morgan fingerprint density at radius 2 is 2.33 bits per heavy atom. The Morgan fingerprint density at radius 1 is 1.50 bits per heavy atom. The minimum Gasteiger partial charge on any atom is -0.491 e. The molecule has 1 saturated heterocycles. The van der Waals surface area contributed by atoms with Crippen molar-refractivity contribution in [2.75, 3.05) is 13.1 Å². The zero-order chi connectivity index (χ0) is 13.0. The van der Waals surface area contributed by atoms with Crippen molar-refractivity contribution in [2.45, 2.75) is 32.4 Å². The lowest BCUT2D eigenvalue weighted by Crippen LogP contribution is -2.36. The van der Waals surface area contributed by atoms with Crippen LogP contribution < -0.4 is 15.4 Å². The van der Waals surface area contributed by atoms with E-state index < -0.39 is 0 Å². The van der Waals surface area contributed by atoms with Crippen molar-refractivity contribution in [1.82, 2.24) is 10.6 Å². The van der Waals surface area contributed by atoms with Crippen LogP contribution in [0.5, 0.6) is 5.75 Å². The molecule has 18 heavy (non-hydrogen) atoms. The van der Waals surface area contributed by atoms with Crippen molar-refractivity contribution in [3.05, 3.63) is 29.8 Å². The number of nitrogens with one attached hydrogen (secondary N) is 2. The lowest BCUT2D eigenvalue weighted by molar-refractivity contribution is 0.0939. The summed E-state index contributed by atoms with van der Waals surface area (Å²) >= 11 is 0. The van der Waals surface area contributed by atoms with Gasteiger partial charge >= 0.3 is 0 Å². The summed E-state index contributed by atoms with van der Waals surface area (Å²) < 4.78 is 5.58. The third kappa shape index (κ3) is 3.47. The van der Waals surface area contributed by atoms with Crippen LogP contribution in [0.15, 0.2) is 24.3 Å². The lowest BCUT2D eigenvalue weighted by Gasteiger charge is -2.13. The largest absolute Gasteiger partial charge is 0.491 e. The Hall–Kier alpha value is -1.55. The Bertz CT molecular complexity index is 412. The SMILES string of the molecule is CC(C)Oc1cccc(C(=O)N[C@@H]2CCNC2)c1. The first-order chi connectivity index (χ1) is 8.65. The number of carbonyl (C=O) groups excluding carboxylic acids is 1. The van der Waals surface area contributed by atoms with Gasteiger partial charge < -0.3 is 15.4 Å². The van der Waals surface area contributed by atoms with Crippen LogP contribution in [0, 0.1) is 0 Å². The highest BCUT2D eigenvalue weighted by atomic mass is 16.5. The highest BCUT2D eigenvalue weighted by Gasteiger charge is 2.17. The van der Waals surface area contributed by atoms with E-state index in [-0.39, 0.29) is 18.1 Å². The van der Waals surface area contributed by atoms with Gasteiger partial charge in [-0.05, 0) is 45.0 Å². The first kappa shape index (κ1) is 12.9. The minimum atomic E-state index is -0.0297. The summed E-state index contributed by atoms with van der Waals surface area (Å²) in [5.41, 5.74) is 0.653. The fourth-order valence-corrected chi connectivity index (χ4v) is 2.03. The van der Waals surface area contributed by atoms with Crippen LogP contribution >= 0.6 is 0 Å². The van der Waals surface area contributed by atoms with Gasteiger partial charge in [0.15, 0.2) is 0 Å². The summed E-state index contributed by atoms with van der Waals surface area (Å²) in [5, 5.41) is 6.25. The second-order valence-corrected chi connectivity index (χ2v) is 4.86. The molecule has 2 rings (SSSR count). The average molecular weight is 248 g/mol. The molecule has 0 aliphatic carbocycles. The van der Waals surface area contributed by atoms with Gasteiger partial charge in [-0.2, -0.15) is 0 Å². The first-order valence-electron chi connectivity index (χ1n) is 6.43. The van der Waals surface area contributed by atoms with E-state index in [1.54, 1.807) is 6.07 Å². The van der Waals surface area contributed by atoms with Crippen molar-refractivity contribution in [3.8, 4) is 5.75 Å². The van der Waals surface area contributed by atoms with Gasteiger partial charge in [-0.1, -0.05) is 6.07 Å². The summed E-state index contributed by atoms with van der Waals surface area (Å²) in [5.74, 6) is 0.708. The Balaban J connectivity index is 2.00. The molecule has 98 valence electrons. The van der Waals surface area contributed by atoms with Crippen LogP contribution in [-0.4, -0.2) is 31.1 Å². The molecule has 1 aliphatic heterocycles. The third-order valence-corrected chi connectivity index (χ3v) is 2.86.